The quantitative estimate of drug-likeness (QED) is 0.518. The second-order valence-corrected chi connectivity index (χ2v) is 6.46. The summed E-state index contributed by atoms with van der Waals surface area (Å²) in [5, 5.41) is 0.766. The minimum Gasteiger partial charge on any atom is -0.384 e. The number of aryl methyl sites for hydroxylation is 2. The molecule has 0 saturated carbocycles. The molecule has 2 rings (SSSR count). The van der Waals surface area contributed by atoms with E-state index >= 15 is 0 Å². The predicted octanol–water partition coefficient (Wildman–Crippen LogP) is 3.56. The molecule has 0 unspecified atom stereocenters. The van der Waals surface area contributed by atoms with Gasteiger partial charge in [-0.05, 0) is 26.0 Å². The zero-order valence-electron chi connectivity index (χ0n) is 11.1. The highest BCUT2D eigenvalue weighted by Gasteiger charge is 2.01. The fourth-order valence-corrected chi connectivity index (χ4v) is 3.35. The van der Waals surface area contributed by atoms with E-state index in [0.717, 1.165) is 22.4 Å². The van der Waals surface area contributed by atoms with Gasteiger partial charge in [0.1, 0.15) is 5.82 Å². The van der Waals surface area contributed by atoms with E-state index in [1.807, 2.05) is 18.7 Å². The van der Waals surface area contributed by atoms with Crippen LogP contribution in [0.3, 0.4) is 0 Å². The largest absolute Gasteiger partial charge is 0.384 e. The number of anilines is 1. The normalized spacial score (nSPS) is 10.6. The van der Waals surface area contributed by atoms with Gasteiger partial charge in [0.05, 0.1) is 0 Å². The molecule has 2 aromatic rings. The van der Waals surface area contributed by atoms with Crippen molar-refractivity contribution in [2.75, 3.05) is 17.2 Å². The Balaban J connectivity index is 1.79. The molecule has 0 aliphatic carbocycles. The first-order valence-corrected chi connectivity index (χ1v) is 8.04. The van der Waals surface area contributed by atoms with E-state index < -0.39 is 0 Å². The van der Waals surface area contributed by atoms with Gasteiger partial charge in [-0.1, -0.05) is 29.5 Å². The molecule has 0 fully saturated rings. The summed E-state index contributed by atoms with van der Waals surface area (Å²) in [5.41, 5.74) is 7.91. The molecule has 100 valence electrons. The van der Waals surface area contributed by atoms with Crippen LogP contribution >= 0.6 is 23.5 Å². The molecular weight excluding hydrogens is 274 g/mol. The van der Waals surface area contributed by atoms with E-state index in [-0.39, 0.29) is 0 Å². The third kappa shape index (κ3) is 4.76. The Labute approximate surface area is 122 Å². The summed E-state index contributed by atoms with van der Waals surface area (Å²) in [4.78, 5) is 9.87. The van der Waals surface area contributed by atoms with Crippen LogP contribution in [0.5, 0.6) is 0 Å². The first kappa shape index (κ1) is 14.2. The molecule has 0 amide bonds. The smallest absolute Gasteiger partial charge is 0.189 e. The van der Waals surface area contributed by atoms with Gasteiger partial charge in [0.2, 0.25) is 0 Å². The number of nitrogens with two attached hydrogens (primary N) is 1. The van der Waals surface area contributed by atoms with E-state index in [2.05, 4.69) is 41.2 Å². The van der Waals surface area contributed by atoms with Crippen LogP contribution < -0.4 is 5.73 Å². The van der Waals surface area contributed by atoms with Crippen molar-refractivity contribution >= 4 is 29.3 Å². The fourth-order valence-electron chi connectivity index (χ4n) is 1.56. The van der Waals surface area contributed by atoms with Crippen molar-refractivity contribution in [3.05, 3.63) is 41.6 Å². The molecule has 0 spiro atoms. The topological polar surface area (TPSA) is 51.8 Å². The van der Waals surface area contributed by atoms with Crippen molar-refractivity contribution in [3.63, 3.8) is 0 Å². The Kier molecular flexibility index (Phi) is 5.10. The van der Waals surface area contributed by atoms with Crippen LogP contribution in [0.2, 0.25) is 0 Å². The average molecular weight is 291 g/mol. The summed E-state index contributed by atoms with van der Waals surface area (Å²) >= 11 is 3.50. The molecule has 0 bridgehead atoms. The van der Waals surface area contributed by atoms with Crippen LogP contribution in [-0.2, 0) is 0 Å². The summed E-state index contributed by atoms with van der Waals surface area (Å²) in [6, 6.07) is 10.4. The van der Waals surface area contributed by atoms with Gasteiger partial charge in [-0.3, -0.25) is 0 Å². The van der Waals surface area contributed by atoms with E-state index in [9.17, 15) is 0 Å². The van der Waals surface area contributed by atoms with Gasteiger partial charge < -0.3 is 5.73 Å². The molecule has 3 nitrogen and oxygen atoms in total. The molecule has 1 heterocycles. The molecule has 0 aliphatic rings. The third-order valence-electron chi connectivity index (χ3n) is 2.46. The Morgan fingerprint density at radius 2 is 1.68 bits per heavy atom. The van der Waals surface area contributed by atoms with Crippen LogP contribution in [0.25, 0.3) is 0 Å². The monoisotopic (exact) mass is 291 g/mol. The SMILES string of the molecule is Cc1ccc(SCCSc2nc(C)cc(N)n2)cc1. The highest BCUT2D eigenvalue weighted by Crippen LogP contribution is 2.22. The number of benzene rings is 1. The van der Waals surface area contributed by atoms with E-state index in [0.29, 0.717) is 5.82 Å². The maximum Gasteiger partial charge on any atom is 0.189 e. The maximum atomic E-state index is 5.70. The van der Waals surface area contributed by atoms with Crippen molar-refractivity contribution in [2.45, 2.75) is 23.9 Å². The van der Waals surface area contributed by atoms with Gasteiger partial charge in [-0.2, -0.15) is 0 Å². The Morgan fingerprint density at radius 3 is 2.37 bits per heavy atom. The minimum atomic E-state index is 0.543. The lowest BCUT2D eigenvalue weighted by Crippen LogP contribution is -1.97. The molecule has 5 heteroatoms. The zero-order valence-corrected chi connectivity index (χ0v) is 12.7. The van der Waals surface area contributed by atoms with Crippen LogP contribution in [0.4, 0.5) is 5.82 Å². The van der Waals surface area contributed by atoms with Crippen molar-refractivity contribution < 1.29 is 0 Å². The summed E-state index contributed by atoms with van der Waals surface area (Å²) in [7, 11) is 0. The highest BCUT2D eigenvalue weighted by atomic mass is 32.2. The highest BCUT2D eigenvalue weighted by molar-refractivity contribution is 8.02. The molecule has 1 aromatic carbocycles. The van der Waals surface area contributed by atoms with Crippen molar-refractivity contribution in [1.29, 1.82) is 0 Å². The van der Waals surface area contributed by atoms with Crippen molar-refractivity contribution in [1.82, 2.24) is 9.97 Å². The minimum absolute atomic E-state index is 0.543. The van der Waals surface area contributed by atoms with Crippen molar-refractivity contribution in [2.24, 2.45) is 0 Å². The Morgan fingerprint density at radius 1 is 1.00 bits per heavy atom. The van der Waals surface area contributed by atoms with Gasteiger partial charge in [-0.15, -0.1) is 11.8 Å². The molecule has 0 atom stereocenters. The molecule has 19 heavy (non-hydrogen) atoms. The van der Waals surface area contributed by atoms with Gasteiger partial charge in [0.25, 0.3) is 0 Å². The zero-order chi connectivity index (χ0) is 13.7. The molecule has 0 saturated heterocycles. The number of thioether (sulfide) groups is 2. The Bertz CT molecular complexity index is 521. The van der Waals surface area contributed by atoms with Crippen LogP contribution in [0.15, 0.2) is 40.4 Å². The van der Waals surface area contributed by atoms with Gasteiger partial charge >= 0.3 is 0 Å². The number of rotatable bonds is 5. The molecule has 2 N–H and O–H groups in total. The standard InChI is InChI=1S/C14H17N3S2/c1-10-3-5-12(6-4-10)18-7-8-19-14-16-11(2)9-13(15)17-14/h3-6,9H,7-8H2,1-2H3,(H2,15,16,17). The number of nitrogen functional groups attached to an aromatic ring is 1. The first-order valence-electron chi connectivity index (χ1n) is 6.07. The number of aromatic nitrogens is 2. The van der Waals surface area contributed by atoms with Gasteiger partial charge in [0, 0.05) is 28.2 Å². The summed E-state index contributed by atoms with van der Waals surface area (Å²) in [5.74, 6) is 2.55. The summed E-state index contributed by atoms with van der Waals surface area (Å²) < 4.78 is 0. The number of hydrogen-bond donors (Lipinski definition) is 1. The molecule has 0 radical (unpaired) electrons. The lowest BCUT2D eigenvalue weighted by atomic mass is 10.2. The second-order valence-electron chi connectivity index (χ2n) is 4.23. The first-order chi connectivity index (χ1) is 9.13. The van der Waals surface area contributed by atoms with E-state index in [1.54, 1.807) is 17.8 Å². The van der Waals surface area contributed by atoms with Gasteiger partial charge in [0.15, 0.2) is 5.16 Å². The van der Waals surface area contributed by atoms with Crippen molar-refractivity contribution in [3.8, 4) is 0 Å². The number of hydrogen-bond acceptors (Lipinski definition) is 5. The fraction of sp³-hybridized carbons (Fsp3) is 0.286. The van der Waals surface area contributed by atoms with Crippen LogP contribution in [-0.4, -0.2) is 21.5 Å². The predicted molar refractivity (Wildman–Crippen MR) is 83.8 cm³/mol. The molecule has 0 aliphatic heterocycles. The summed E-state index contributed by atoms with van der Waals surface area (Å²) in [6.45, 7) is 4.03. The maximum absolute atomic E-state index is 5.70. The number of nitrogens with zero attached hydrogens (tertiary/aromatic N) is 2. The van der Waals surface area contributed by atoms with Crippen LogP contribution in [0.1, 0.15) is 11.3 Å². The molecular formula is C14H17N3S2. The second kappa shape index (κ2) is 6.82. The third-order valence-corrected chi connectivity index (χ3v) is 4.58. The van der Waals surface area contributed by atoms with Crippen LogP contribution in [0, 0.1) is 13.8 Å². The lowest BCUT2D eigenvalue weighted by molar-refractivity contribution is 0.941. The van der Waals surface area contributed by atoms with E-state index in [1.165, 1.54) is 10.5 Å². The average Bonchev–Trinajstić information content (AvgIpc) is 2.36. The Hall–Kier alpha value is -1.20. The lowest BCUT2D eigenvalue weighted by Gasteiger charge is -2.03. The van der Waals surface area contributed by atoms with E-state index in [4.69, 9.17) is 5.73 Å². The van der Waals surface area contributed by atoms with Gasteiger partial charge in [-0.25, -0.2) is 9.97 Å². The summed E-state index contributed by atoms with van der Waals surface area (Å²) in [6.07, 6.45) is 0. The molecule has 1 aromatic heterocycles.